The van der Waals surface area contributed by atoms with Crippen LogP contribution in [0.4, 0.5) is 0 Å². The molecule has 7 nitrogen and oxygen atoms in total. The fourth-order valence-electron chi connectivity index (χ4n) is 1.49. The predicted octanol–water partition coefficient (Wildman–Crippen LogP) is -0.117. The first-order chi connectivity index (χ1) is 9.90. The molecule has 0 saturated heterocycles. The van der Waals surface area contributed by atoms with E-state index in [0.717, 1.165) is 0 Å². The number of hydrogen-bond acceptors (Lipinski definition) is 6. The third kappa shape index (κ3) is 9.89. The number of esters is 1. The zero-order chi connectivity index (χ0) is 16.3. The summed E-state index contributed by atoms with van der Waals surface area (Å²) < 4.78 is 4.42. The summed E-state index contributed by atoms with van der Waals surface area (Å²) in [6, 6.07) is -0.650. The van der Waals surface area contributed by atoms with Crippen molar-refractivity contribution in [1.29, 1.82) is 0 Å². The summed E-state index contributed by atoms with van der Waals surface area (Å²) in [5.41, 5.74) is 0. The summed E-state index contributed by atoms with van der Waals surface area (Å²) in [4.78, 5) is 45.4. The Labute approximate surface area is 128 Å². The molecule has 0 aliphatic rings. The smallest absolute Gasteiger partial charge is 0.305 e. The summed E-state index contributed by atoms with van der Waals surface area (Å²) >= 11 is 1.56. The SMILES string of the molecule is COC(=O)CCC(=O)CNC(=O)[C@H](CCSC)NC(C)=O. The van der Waals surface area contributed by atoms with Crippen LogP contribution in [-0.2, 0) is 23.9 Å². The Hall–Kier alpha value is -1.57. The van der Waals surface area contributed by atoms with Gasteiger partial charge in [0.2, 0.25) is 11.8 Å². The van der Waals surface area contributed by atoms with Gasteiger partial charge in [-0.05, 0) is 18.4 Å². The molecule has 120 valence electrons. The normalized spacial score (nSPS) is 11.4. The molecule has 0 aliphatic carbocycles. The maximum Gasteiger partial charge on any atom is 0.305 e. The molecule has 0 aromatic rings. The fraction of sp³-hybridized carbons (Fsp3) is 0.692. The zero-order valence-electron chi connectivity index (χ0n) is 12.6. The van der Waals surface area contributed by atoms with Gasteiger partial charge in [-0.25, -0.2) is 0 Å². The molecule has 0 saturated carbocycles. The molecule has 8 heteroatoms. The molecule has 2 amide bonds. The Bertz CT molecular complexity index is 387. The highest BCUT2D eigenvalue weighted by Gasteiger charge is 2.19. The molecule has 0 rings (SSSR count). The van der Waals surface area contributed by atoms with Crippen molar-refractivity contribution in [1.82, 2.24) is 10.6 Å². The number of ketones is 1. The number of hydrogen-bond donors (Lipinski definition) is 2. The standard InChI is InChI=1S/C13H22N2O5S/c1-9(16)15-11(6-7-21-3)13(19)14-8-10(17)4-5-12(18)20-2/h11H,4-8H2,1-3H3,(H,14,19)(H,15,16)/t11-/m0/s1. The van der Waals surface area contributed by atoms with Crippen LogP contribution in [0.1, 0.15) is 26.2 Å². The Morgan fingerprint density at radius 3 is 2.38 bits per heavy atom. The Morgan fingerprint density at radius 1 is 1.19 bits per heavy atom. The van der Waals surface area contributed by atoms with Crippen LogP contribution in [0.25, 0.3) is 0 Å². The first kappa shape index (κ1) is 19.4. The van der Waals surface area contributed by atoms with Gasteiger partial charge in [0.25, 0.3) is 0 Å². The van der Waals surface area contributed by atoms with Gasteiger partial charge in [0.1, 0.15) is 6.04 Å². The number of carbonyl (C=O) groups is 4. The van der Waals surface area contributed by atoms with E-state index in [4.69, 9.17) is 0 Å². The van der Waals surface area contributed by atoms with Crippen molar-refractivity contribution in [3.8, 4) is 0 Å². The Kier molecular flexibility index (Phi) is 10.3. The third-order valence-corrected chi connectivity index (χ3v) is 3.24. The van der Waals surface area contributed by atoms with Crippen molar-refractivity contribution in [2.45, 2.75) is 32.2 Å². The number of thioether (sulfide) groups is 1. The lowest BCUT2D eigenvalue weighted by Crippen LogP contribution is -2.47. The lowest BCUT2D eigenvalue weighted by Gasteiger charge is -2.16. The topological polar surface area (TPSA) is 102 Å². The molecule has 0 bridgehead atoms. The average molecular weight is 318 g/mol. The van der Waals surface area contributed by atoms with Crippen LogP contribution in [0.15, 0.2) is 0 Å². The summed E-state index contributed by atoms with van der Waals surface area (Å²) in [6.07, 6.45) is 2.40. The molecule has 0 spiro atoms. The molecule has 0 radical (unpaired) electrons. The van der Waals surface area contributed by atoms with Crippen molar-refractivity contribution in [2.75, 3.05) is 25.7 Å². The van der Waals surface area contributed by atoms with Crippen molar-refractivity contribution in [3.05, 3.63) is 0 Å². The van der Waals surface area contributed by atoms with E-state index in [-0.39, 0.29) is 31.1 Å². The van der Waals surface area contributed by atoms with Gasteiger partial charge in [0.15, 0.2) is 5.78 Å². The van der Waals surface area contributed by atoms with E-state index in [0.29, 0.717) is 12.2 Å². The molecular formula is C13H22N2O5S. The van der Waals surface area contributed by atoms with E-state index in [1.54, 1.807) is 11.8 Å². The van der Waals surface area contributed by atoms with Crippen molar-refractivity contribution < 1.29 is 23.9 Å². The second kappa shape index (κ2) is 11.1. The lowest BCUT2D eigenvalue weighted by molar-refractivity contribution is -0.141. The summed E-state index contributed by atoms with van der Waals surface area (Å²) in [7, 11) is 1.25. The minimum absolute atomic E-state index is 0.00714. The second-order valence-corrected chi connectivity index (χ2v) is 5.35. The molecule has 0 aromatic carbocycles. The van der Waals surface area contributed by atoms with E-state index in [9.17, 15) is 19.2 Å². The van der Waals surface area contributed by atoms with Crippen LogP contribution in [0.3, 0.4) is 0 Å². The summed E-state index contributed by atoms with van der Waals surface area (Å²) in [6.45, 7) is 1.17. The molecule has 0 heterocycles. The zero-order valence-corrected chi connectivity index (χ0v) is 13.4. The number of rotatable bonds is 10. The highest BCUT2D eigenvalue weighted by atomic mass is 32.2. The highest BCUT2D eigenvalue weighted by molar-refractivity contribution is 7.98. The van der Waals surface area contributed by atoms with Gasteiger partial charge in [-0.15, -0.1) is 0 Å². The quantitative estimate of drug-likeness (QED) is 0.545. The first-order valence-electron chi connectivity index (χ1n) is 6.53. The minimum atomic E-state index is -0.650. The van der Waals surface area contributed by atoms with Gasteiger partial charge in [0, 0.05) is 13.3 Å². The van der Waals surface area contributed by atoms with Gasteiger partial charge in [-0.1, -0.05) is 0 Å². The summed E-state index contributed by atoms with van der Waals surface area (Å²) in [5.74, 6) is -0.709. The van der Waals surface area contributed by atoms with E-state index in [2.05, 4.69) is 15.4 Å². The van der Waals surface area contributed by atoms with Crippen molar-refractivity contribution >= 4 is 35.3 Å². The van der Waals surface area contributed by atoms with Crippen LogP contribution in [0, 0.1) is 0 Å². The van der Waals surface area contributed by atoms with E-state index in [1.807, 2.05) is 6.26 Å². The van der Waals surface area contributed by atoms with Crippen LogP contribution in [-0.4, -0.2) is 55.3 Å². The van der Waals surface area contributed by atoms with Crippen LogP contribution in [0.2, 0.25) is 0 Å². The monoisotopic (exact) mass is 318 g/mol. The lowest BCUT2D eigenvalue weighted by atomic mass is 10.2. The van der Waals surface area contributed by atoms with Gasteiger partial charge in [0.05, 0.1) is 20.1 Å². The highest BCUT2D eigenvalue weighted by Crippen LogP contribution is 2.01. The van der Waals surface area contributed by atoms with Gasteiger partial charge < -0.3 is 15.4 Å². The number of methoxy groups -OCH3 is 1. The number of nitrogens with one attached hydrogen (secondary N) is 2. The Morgan fingerprint density at radius 2 is 1.86 bits per heavy atom. The minimum Gasteiger partial charge on any atom is -0.469 e. The number of ether oxygens (including phenoxy) is 1. The average Bonchev–Trinajstić information content (AvgIpc) is 2.45. The van der Waals surface area contributed by atoms with E-state index >= 15 is 0 Å². The molecule has 21 heavy (non-hydrogen) atoms. The summed E-state index contributed by atoms with van der Waals surface area (Å²) in [5, 5.41) is 5.02. The van der Waals surface area contributed by atoms with Gasteiger partial charge in [-0.2, -0.15) is 11.8 Å². The maximum atomic E-state index is 11.9. The fourth-order valence-corrected chi connectivity index (χ4v) is 1.96. The molecule has 2 N–H and O–H groups in total. The molecule has 0 aliphatic heterocycles. The molecule has 1 atom stereocenters. The first-order valence-corrected chi connectivity index (χ1v) is 7.92. The van der Waals surface area contributed by atoms with Crippen LogP contribution < -0.4 is 10.6 Å². The molecule has 0 unspecified atom stereocenters. The Balaban J connectivity index is 4.19. The maximum absolute atomic E-state index is 11.9. The largest absolute Gasteiger partial charge is 0.469 e. The molecular weight excluding hydrogens is 296 g/mol. The van der Waals surface area contributed by atoms with Gasteiger partial charge >= 0.3 is 5.97 Å². The predicted molar refractivity (Wildman–Crippen MR) is 79.9 cm³/mol. The van der Waals surface area contributed by atoms with Crippen molar-refractivity contribution in [2.24, 2.45) is 0 Å². The second-order valence-electron chi connectivity index (χ2n) is 4.37. The van der Waals surface area contributed by atoms with E-state index < -0.39 is 17.9 Å². The number of amides is 2. The number of carbonyl (C=O) groups excluding carboxylic acids is 4. The molecule has 0 fully saturated rings. The van der Waals surface area contributed by atoms with Crippen LogP contribution >= 0.6 is 11.8 Å². The number of Topliss-reactive ketones (excluding diaryl/α,β-unsaturated/α-hetero) is 1. The van der Waals surface area contributed by atoms with Gasteiger partial charge in [-0.3, -0.25) is 19.2 Å². The third-order valence-electron chi connectivity index (χ3n) is 2.60. The van der Waals surface area contributed by atoms with Crippen LogP contribution in [0.5, 0.6) is 0 Å². The van der Waals surface area contributed by atoms with E-state index in [1.165, 1.54) is 14.0 Å². The van der Waals surface area contributed by atoms with Crippen molar-refractivity contribution in [3.63, 3.8) is 0 Å². The molecule has 0 aromatic heterocycles.